The minimum atomic E-state index is -0.396. The van der Waals surface area contributed by atoms with Crippen LogP contribution in [0.15, 0.2) is 54.6 Å². The minimum Gasteiger partial charge on any atom is -0.354 e. The summed E-state index contributed by atoms with van der Waals surface area (Å²) in [6.45, 7) is 4.52. The first-order valence-corrected chi connectivity index (χ1v) is 8.86. The molecular formula is C21H23FN2O2. The molecule has 0 bridgehead atoms. The highest BCUT2D eigenvalue weighted by Crippen LogP contribution is 2.34. The van der Waals surface area contributed by atoms with Crippen molar-refractivity contribution in [3.63, 3.8) is 0 Å². The lowest BCUT2D eigenvalue weighted by molar-refractivity contribution is -0.125. The zero-order valence-corrected chi connectivity index (χ0v) is 15.0. The number of amides is 2. The standard InChI is InChI=1S/C21H23FN2O2/c1-14(2)23-20(25)19-13-24(21(26)15-7-4-3-5-8-15)12-18(19)16-9-6-10-17(22)11-16/h3-11,14,18-19H,12-13H2,1-2H3,(H,23,25)/t18-,19+/m1/s1. The van der Waals surface area contributed by atoms with Crippen LogP contribution in [-0.4, -0.2) is 35.8 Å². The molecule has 136 valence electrons. The number of likely N-dealkylation sites (tertiary alicyclic amines) is 1. The SMILES string of the molecule is CC(C)NC(=O)[C@H]1CN(C(=O)c2ccccc2)C[C@@H]1c1cccc(F)c1. The molecule has 0 spiro atoms. The molecule has 2 aromatic rings. The Bertz CT molecular complexity index is 792. The van der Waals surface area contributed by atoms with Crippen LogP contribution in [0, 0.1) is 11.7 Å². The highest BCUT2D eigenvalue weighted by molar-refractivity contribution is 5.95. The summed E-state index contributed by atoms with van der Waals surface area (Å²) in [5.74, 6) is -1.16. The Kier molecular flexibility index (Phi) is 5.35. The van der Waals surface area contributed by atoms with Gasteiger partial charge in [-0.2, -0.15) is 0 Å². The number of carbonyl (C=O) groups excluding carboxylic acids is 2. The van der Waals surface area contributed by atoms with Gasteiger partial charge in [-0.05, 0) is 43.7 Å². The molecule has 2 aromatic carbocycles. The molecule has 3 rings (SSSR count). The van der Waals surface area contributed by atoms with Crippen LogP contribution in [0.3, 0.4) is 0 Å². The van der Waals surface area contributed by atoms with Crippen molar-refractivity contribution in [2.45, 2.75) is 25.8 Å². The Hall–Kier alpha value is -2.69. The summed E-state index contributed by atoms with van der Waals surface area (Å²) in [7, 11) is 0. The largest absolute Gasteiger partial charge is 0.354 e. The van der Waals surface area contributed by atoms with Crippen molar-refractivity contribution in [3.05, 3.63) is 71.5 Å². The summed E-state index contributed by atoms with van der Waals surface area (Å²) in [5.41, 5.74) is 1.34. The average Bonchev–Trinajstić information content (AvgIpc) is 3.07. The fourth-order valence-corrected chi connectivity index (χ4v) is 3.47. The molecule has 1 aliphatic heterocycles. The Morgan fingerprint density at radius 2 is 1.81 bits per heavy atom. The van der Waals surface area contributed by atoms with E-state index in [4.69, 9.17) is 0 Å². The van der Waals surface area contributed by atoms with E-state index >= 15 is 0 Å². The summed E-state index contributed by atoms with van der Waals surface area (Å²) in [6, 6.07) is 15.3. The Morgan fingerprint density at radius 1 is 1.08 bits per heavy atom. The molecular weight excluding hydrogens is 331 g/mol. The lowest BCUT2D eigenvalue weighted by Gasteiger charge is -2.19. The van der Waals surface area contributed by atoms with Gasteiger partial charge in [-0.25, -0.2) is 4.39 Å². The van der Waals surface area contributed by atoms with Crippen molar-refractivity contribution in [1.82, 2.24) is 10.2 Å². The van der Waals surface area contributed by atoms with E-state index in [-0.39, 0.29) is 29.6 Å². The highest BCUT2D eigenvalue weighted by atomic mass is 19.1. The zero-order valence-electron chi connectivity index (χ0n) is 15.0. The fraction of sp³-hybridized carbons (Fsp3) is 0.333. The maximum atomic E-state index is 13.7. The maximum absolute atomic E-state index is 13.7. The van der Waals surface area contributed by atoms with Gasteiger partial charge in [0.1, 0.15) is 5.82 Å². The van der Waals surface area contributed by atoms with E-state index in [1.54, 1.807) is 23.1 Å². The molecule has 2 atom stereocenters. The minimum absolute atomic E-state index is 0.00883. The van der Waals surface area contributed by atoms with E-state index in [9.17, 15) is 14.0 Å². The number of nitrogens with one attached hydrogen (secondary N) is 1. The number of rotatable bonds is 4. The number of benzene rings is 2. The van der Waals surface area contributed by atoms with Gasteiger partial charge in [0, 0.05) is 30.6 Å². The number of nitrogens with zero attached hydrogens (tertiary/aromatic N) is 1. The maximum Gasteiger partial charge on any atom is 0.253 e. The number of hydrogen-bond acceptors (Lipinski definition) is 2. The highest BCUT2D eigenvalue weighted by Gasteiger charge is 2.40. The van der Waals surface area contributed by atoms with Crippen molar-refractivity contribution in [2.75, 3.05) is 13.1 Å². The molecule has 2 amide bonds. The van der Waals surface area contributed by atoms with Gasteiger partial charge < -0.3 is 10.2 Å². The number of carbonyl (C=O) groups is 2. The van der Waals surface area contributed by atoms with Crippen LogP contribution in [-0.2, 0) is 4.79 Å². The molecule has 0 radical (unpaired) electrons. The quantitative estimate of drug-likeness (QED) is 0.917. The fourth-order valence-electron chi connectivity index (χ4n) is 3.47. The van der Waals surface area contributed by atoms with Gasteiger partial charge in [0.25, 0.3) is 5.91 Å². The summed E-state index contributed by atoms with van der Waals surface area (Å²) in [5, 5.41) is 2.93. The molecule has 0 saturated carbocycles. The van der Waals surface area contributed by atoms with E-state index in [0.717, 1.165) is 5.56 Å². The van der Waals surface area contributed by atoms with Crippen LogP contribution < -0.4 is 5.32 Å². The van der Waals surface area contributed by atoms with Gasteiger partial charge >= 0.3 is 0 Å². The third-order valence-corrected chi connectivity index (χ3v) is 4.67. The van der Waals surface area contributed by atoms with E-state index < -0.39 is 5.92 Å². The zero-order chi connectivity index (χ0) is 18.7. The first kappa shape index (κ1) is 18.1. The Balaban J connectivity index is 1.87. The second kappa shape index (κ2) is 7.68. The Morgan fingerprint density at radius 3 is 2.46 bits per heavy atom. The van der Waals surface area contributed by atoms with Crippen LogP contribution >= 0.6 is 0 Å². The average molecular weight is 354 g/mol. The van der Waals surface area contributed by atoms with Crippen molar-refractivity contribution in [3.8, 4) is 0 Å². The third kappa shape index (κ3) is 3.93. The monoisotopic (exact) mass is 354 g/mol. The second-order valence-electron chi connectivity index (χ2n) is 7.01. The van der Waals surface area contributed by atoms with Crippen molar-refractivity contribution < 1.29 is 14.0 Å². The van der Waals surface area contributed by atoms with Gasteiger partial charge in [-0.15, -0.1) is 0 Å². The number of halogens is 1. The molecule has 0 aromatic heterocycles. The van der Waals surface area contributed by atoms with E-state index in [1.807, 2.05) is 38.1 Å². The molecule has 1 aliphatic rings. The van der Waals surface area contributed by atoms with Gasteiger partial charge in [-0.3, -0.25) is 9.59 Å². The first-order valence-electron chi connectivity index (χ1n) is 8.86. The Labute approximate surface area is 153 Å². The lowest BCUT2D eigenvalue weighted by atomic mass is 9.88. The topological polar surface area (TPSA) is 49.4 Å². The predicted molar refractivity (Wildman–Crippen MR) is 98.3 cm³/mol. The summed E-state index contributed by atoms with van der Waals surface area (Å²) < 4.78 is 13.7. The smallest absolute Gasteiger partial charge is 0.253 e. The van der Waals surface area contributed by atoms with Crippen molar-refractivity contribution in [2.24, 2.45) is 5.92 Å². The normalized spacial score (nSPS) is 19.6. The molecule has 0 unspecified atom stereocenters. The second-order valence-corrected chi connectivity index (χ2v) is 7.01. The van der Waals surface area contributed by atoms with Gasteiger partial charge in [0.2, 0.25) is 5.91 Å². The summed E-state index contributed by atoms with van der Waals surface area (Å²) >= 11 is 0. The number of hydrogen-bond donors (Lipinski definition) is 1. The van der Waals surface area contributed by atoms with Crippen LogP contribution in [0.2, 0.25) is 0 Å². The van der Waals surface area contributed by atoms with Crippen LogP contribution in [0.4, 0.5) is 4.39 Å². The van der Waals surface area contributed by atoms with Crippen LogP contribution in [0.1, 0.15) is 35.7 Å². The van der Waals surface area contributed by atoms with Crippen LogP contribution in [0.25, 0.3) is 0 Å². The van der Waals surface area contributed by atoms with Gasteiger partial charge in [0.05, 0.1) is 5.92 Å². The third-order valence-electron chi connectivity index (χ3n) is 4.67. The summed E-state index contributed by atoms with van der Waals surface area (Å²) in [4.78, 5) is 27.2. The van der Waals surface area contributed by atoms with E-state index in [0.29, 0.717) is 18.7 Å². The lowest BCUT2D eigenvalue weighted by Crippen LogP contribution is -2.39. The molecule has 26 heavy (non-hydrogen) atoms. The molecule has 0 aliphatic carbocycles. The summed E-state index contributed by atoms with van der Waals surface area (Å²) in [6.07, 6.45) is 0. The molecule has 1 saturated heterocycles. The van der Waals surface area contributed by atoms with E-state index in [1.165, 1.54) is 12.1 Å². The van der Waals surface area contributed by atoms with Crippen LogP contribution in [0.5, 0.6) is 0 Å². The van der Waals surface area contributed by atoms with E-state index in [2.05, 4.69) is 5.32 Å². The molecule has 5 heteroatoms. The van der Waals surface area contributed by atoms with Gasteiger partial charge in [0.15, 0.2) is 0 Å². The molecule has 1 heterocycles. The van der Waals surface area contributed by atoms with Gasteiger partial charge in [-0.1, -0.05) is 30.3 Å². The first-order chi connectivity index (χ1) is 12.5. The molecule has 1 N–H and O–H groups in total. The predicted octanol–water partition coefficient (Wildman–Crippen LogP) is 3.21. The molecule has 1 fully saturated rings. The van der Waals surface area contributed by atoms with Crippen molar-refractivity contribution >= 4 is 11.8 Å². The molecule has 4 nitrogen and oxygen atoms in total. The van der Waals surface area contributed by atoms with Crippen molar-refractivity contribution in [1.29, 1.82) is 0 Å².